The number of carbonyl (C=O) groups is 1. The van der Waals surface area contributed by atoms with Gasteiger partial charge in [-0.3, -0.25) is 4.79 Å². The second-order valence-electron chi connectivity index (χ2n) is 4.85. The van der Waals surface area contributed by atoms with Crippen molar-refractivity contribution in [1.29, 1.82) is 0 Å². The minimum Gasteiger partial charge on any atom is -0.496 e. The van der Waals surface area contributed by atoms with Crippen LogP contribution in [-0.4, -0.2) is 19.7 Å². The number of hydrogen-bond donors (Lipinski definition) is 1. The molecule has 20 heavy (non-hydrogen) atoms. The number of hydrogen-bond acceptors (Lipinski definition) is 4. The van der Waals surface area contributed by atoms with Crippen LogP contribution >= 0.6 is 15.9 Å². The Morgan fingerprint density at radius 2 is 2.15 bits per heavy atom. The summed E-state index contributed by atoms with van der Waals surface area (Å²) in [6.45, 7) is 4.24. The zero-order valence-electron chi connectivity index (χ0n) is 12.2. The molecule has 2 unspecified atom stereocenters. The van der Waals surface area contributed by atoms with Crippen molar-refractivity contribution in [2.45, 2.75) is 32.7 Å². The van der Waals surface area contributed by atoms with Crippen molar-refractivity contribution in [1.82, 2.24) is 0 Å². The first kappa shape index (κ1) is 17.0. The Kier molecular flexibility index (Phi) is 7.02. The van der Waals surface area contributed by atoms with E-state index in [2.05, 4.69) is 15.9 Å². The van der Waals surface area contributed by atoms with E-state index in [4.69, 9.17) is 15.2 Å². The number of carbonyl (C=O) groups excluding carboxylic acids is 1. The van der Waals surface area contributed by atoms with Gasteiger partial charge in [0.15, 0.2) is 0 Å². The van der Waals surface area contributed by atoms with Gasteiger partial charge in [-0.1, -0.05) is 13.0 Å². The Labute approximate surface area is 128 Å². The summed E-state index contributed by atoms with van der Waals surface area (Å²) in [4.78, 5) is 11.4. The summed E-state index contributed by atoms with van der Waals surface area (Å²) in [7, 11) is 1.63. The SMILES string of the molecule is CCOC(=O)CC(C)CC(N)c1ccc(OC)c(Br)c1. The molecule has 2 N–H and O–H groups in total. The summed E-state index contributed by atoms with van der Waals surface area (Å²) in [6, 6.07) is 5.68. The van der Waals surface area contributed by atoms with Crippen LogP contribution in [0.2, 0.25) is 0 Å². The van der Waals surface area contributed by atoms with Crippen LogP contribution in [-0.2, 0) is 9.53 Å². The predicted octanol–water partition coefficient (Wildman–Crippen LogP) is 3.44. The lowest BCUT2D eigenvalue weighted by Gasteiger charge is -2.18. The van der Waals surface area contributed by atoms with Crippen molar-refractivity contribution in [3.05, 3.63) is 28.2 Å². The van der Waals surface area contributed by atoms with Gasteiger partial charge in [-0.2, -0.15) is 0 Å². The van der Waals surface area contributed by atoms with Crippen LogP contribution < -0.4 is 10.5 Å². The molecule has 0 aliphatic heterocycles. The fraction of sp³-hybridized carbons (Fsp3) is 0.533. The maximum Gasteiger partial charge on any atom is 0.306 e. The lowest BCUT2D eigenvalue weighted by molar-refractivity contribution is -0.144. The average Bonchev–Trinajstić information content (AvgIpc) is 2.38. The standard InChI is InChI=1S/C15H22BrNO3/c1-4-20-15(18)8-10(2)7-13(17)11-5-6-14(19-3)12(16)9-11/h5-6,9-10,13H,4,7-8,17H2,1-3H3. The molecule has 1 aromatic rings. The van der Waals surface area contributed by atoms with Crippen LogP contribution in [0.25, 0.3) is 0 Å². The largest absolute Gasteiger partial charge is 0.496 e. The van der Waals surface area contributed by atoms with Crippen LogP contribution in [0.1, 0.15) is 38.3 Å². The number of nitrogens with two attached hydrogens (primary N) is 1. The molecule has 0 heterocycles. The van der Waals surface area contributed by atoms with E-state index in [1.54, 1.807) is 7.11 Å². The number of benzene rings is 1. The van der Waals surface area contributed by atoms with Gasteiger partial charge in [-0.25, -0.2) is 0 Å². The maximum atomic E-state index is 11.4. The number of esters is 1. The minimum absolute atomic E-state index is 0.110. The molecule has 5 heteroatoms. The Bertz CT molecular complexity index is 451. The van der Waals surface area contributed by atoms with E-state index in [1.165, 1.54) is 0 Å². The smallest absolute Gasteiger partial charge is 0.306 e. The second-order valence-corrected chi connectivity index (χ2v) is 5.70. The number of rotatable bonds is 7. The fourth-order valence-electron chi connectivity index (χ4n) is 2.07. The normalized spacial score (nSPS) is 13.7. The van der Waals surface area contributed by atoms with Crippen molar-refractivity contribution in [2.24, 2.45) is 11.7 Å². The topological polar surface area (TPSA) is 61.5 Å². The predicted molar refractivity (Wildman–Crippen MR) is 82.7 cm³/mol. The molecule has 0 radical (unpaired) electrons. The lowest BCUT2D eigenvalue weighted by atomic mass is 9.94. The van der Waals surface area contributed by atoms with E-state index in [0.29, 0.717) is 13.0 Å². The summed E-state index contributed by atoms with van der Waals surface area (Å²) in [5.74, 6) is 0.800. The minimum atomic E-state index is -0.164. The number of ether oxygens (including phenoxy) is 2. The van der Waals surface area contributed by atoms with Gasteiger partial charge < -0.3 is 15.2 Å². The molecule has 0 saturated heterocycles. The highest BCUT2D eigenvalue weighted by molar-refractivity contribution is 9.10. The van der Waals surface area contributed by atoms with Crippen molar-refractivity contribution in [3.8, 4) is 5.75 Å². The molecule has 0 aliphatic carbocycles. The third-order valence-corrected chi connectivity index (χ3v) is 3.70. The molecule has 0 spiro atoms. The molecular formula is C15H22BrNO3. The van der Waals surface area contributed by atoms with Gasteiger partial charge in [0.05, 0.1) is 18.2 Å². The molecule has 1 rings (SSSR count). The fourth-order valence-corrected chi connectivity index (χ4v) is 2.63. The van der Waals surface area contributed by atoms with Gasteiger partial charge in [-0.15, -0.1) is 0 Å². The maximum absolute atomic E-state index is 11.4. The summed E-state index contributed by atoms with van der Waals surface area (Å²) in [5, 5.41) is 0. The molecule has 0 saturated carbocycles. The Morgan fingerprint density at radius 1 is 1.45 bits per heavy atom. The van der Waals surface area contributed by atoms with Gasteiger partial charge >= 0.3 is 5.97 Å². The van der Waals surface area contributed by atoms with Crippen molar-refractivity contribution in [2.75, 3.05) is 13.7 Å². The molecule has 1 aromatic carbocycles. The number of methoxy groups -OCH3 is 1. The number of halogens is 1. The van der Waals surface area contributed by atoms with Crippen molar-refractivity contribution in [3.63, 3.8) is 0 Å². The van der Waals surface area contributed by atoms with Gasteiger partial charge in [0.1, 0.15) is 5.75 Å². The first-order valence-corrected chi connectivity index (χ1v) is 7.51. The Morgan fingerprint density at radius 3 is 2.70 bits per heavy atom. The zero-order chi connectivity index (χ0) is 15.1. The molecule has 4 nitrogen and oxygen atoms in total. The van der Waals surface area contributed by atoms with E-state index in [0.717, 1.165) is 22.2 Å². The van der Waals surface area contributed by atoms with Gasteiger partial charge in [-0.05, 0) is 52.9 Å². The lowest BCUT2D eigenvalue weighted by Crippen LogP contribution is -2.17. The second kappa shape index (κ2) is 8.27. The van der Waals surface area contributed by atoms with Crippen LogP contribution in [0, 0.1) is 5.92 Å². The van der Waals surface area contributed by atoms with Crippen molar-refractivity contribution < 1.29 is 14.3 Å². The molecule has 0 aromatic heterocycles. The van der Waals surface area contributed by atoms with E-state index < -0.39 is 0 Å². The third-order valence-electron chi connectivity index (χ3n) is 3.08. The van der Waals surface area contributed by atoms with Crippen LogP contribution in [0.4, 0.5) is 0 Å². The molecule has 0 fully saturated rings. The molecule has 2 atom stereocenters. The van der Waals surface area contributed by atoms with Crippen LogP contribution in [0.3, 0.4) is 0 Å². The molecule has 0 aliphatic rings. The summed E-state index contributed by atoms with van der Waals surface area (Å²) >= 11 is 3.45. The quantitative estimate of drug-likeness (QED) is 0.770. The molecular weight excluding hydrogens is 322 g/mol. The highest BCUT2D eigenvalue weighted by Crippen LogP contribution is 2.29. The average molecular weight is 344 g/mol. The van der Waals surface area contributed by atoms with E-state index in [1.807, 2.05) is 32.0 Å². The summed E-state index contributed by atoms with van der Waals surface area (Å²) in [5.41, 5.74) is 7.21. The molecule has 0 amide bonds. The van der Waals surface area contributed by atoms with Crippen LogP contribution in [0.5, 0.6) is 5.75 Å². The summed E-state index contributed by atoms with van der Waals surface area (Å²) in [6.07, 6.45) is 1.14. The summed E-state index contributed by atoms with van der Waals surface area (Å²) < 4.78 is 11.0. The highest BCUT2D eigenvalue weighted by atomic mass is 79.9. The van der Waals surface area contributed by atoms with E-state index >= 15 is 0 Å². The highest BCUT2D eigenvalue weighted by Gasteiger charge is 2.16. The first-order valence-electron chi connectivity index (χ1n) is 6.72. The first-order chi connectivity index (χ1) is 9.47. The van der Waals surface area contributed by atoms with Crippen LogP contribution in [0.15, 0.2) is 22.7 Å². The molecule has 0 bridgehead atoms. The van der Waals surface area contributed by atoms with E-state index in [-0.39, 0.29) is 17.9 Å². The molecule has 112 valence electrons. The Balaban J connectivity index is 2.59. The van der Waals surface area contributed by atoms with Gasteiger partial charge in [0.2, 0.25) is 0 Å². The zero-order valence-corrected chi connectivity index (χ0v) is 13.8. The third kappa shape index (κ3) is 5.13. The van der Waals surface area contributed by atoms with E-state index in [9.17, 15) is 4.79 Å². The van der Waals surface area contributed by atoms with Gasteiger partial charge in [0, 0.05) is 12.5 Å². The Hall–Kier alpha value is -1.07. The van der Waals surface area contributed by atoms with Crippen molar-refractivity contribution >= 4 is 21.9 Å². The van der Waals surface area contributed by atoms with Gasteiger partial charge in [0.25, 0.3) is 0 Å². The monoisotopic (exact) mass is 343 g/mol.